The molecule has 1 atom stereocenters. The minimum Gasteiger partial charge on any atom is -0.381 e. The number of nitrogens with zero attached hydrogens (tertiary/aromatic N) is 1. The van der Waals surface area contributed by atoms with Gasteiger partial charge in [0.25, 0.3) is 0 Å². The Morgan fingerprint density at radius 2 is 1.92 bits per heavy atom. The SMILES string of the molecule is Cc1c(N)noc1C(C)C(C)C. The zero-order chi connectivity index (χ0) is 9.30. The standard InChI is InChI=1S/C9H16N2O/c1-5(2)6(3)8-7(4)9(10)11-12-8/h5-6H,1-4H3,(H2,10,11). The Balaban J connectivity index is 2.95. The molecular formula is C9H16N2O. The lowest BCUT2D eigenvalue weighted by Crippen LogP contribution is -2.02. The lowest BCUT2D eigenvalue weighted by atomic mass is 9.93. The predicted octanol–water partition coefficient (Wildman–Crippen LogP) is 2.32. The van der Waals surface area contributed by atoms with Gasteiger partial charge in [-0.1, -0.05) is 25.9 Å². The fraction of sp³-hybridized carbons (Fsp3) is 0.667. The van der Waals surface area contributed by atoms with E-state index < -0.39 is 0 Å². The van der Waals surface area contributed by atoms with Crippen LogP contribution in [0.15, 0.2) is 4.52 Å². The third kappa shape index (κ3) is 1.44. The lowest BCUT2D eigenvalue weighted by molar-refractivity contribution is 0.339. The van der Waals surface area contributed by atoms with E-state index in [-0.39, 0.29) is 0 Å². The molecule has 1 rings (SSSR count). The van der Waals surface area contributed by atoms with E-state index in [4.69, 9.17) is 10.3 Å². The maximum absolute atomic E-state index is 5.57. The van der Waals surface area contributed by atoms with Crippen molar-refractivity contribution >= 4 is 5.82 Å². The van der Waals surface area contributed by atoms with Crippen molar-refractivity contribution in [1.82, 2.24) is 5.16 Å². The van der Waals surface area contributed by atoms with Crippen molar-refractivity contribution in [3.63, 3.8) is 0 Å². The Hall–Kier alpha value is -0.990. The van der Waals surface area contributed by atoms with Gasteiger partial charge in [0.15, 0.2) is 5.82 Å². The molecule has 68 valence electrons. The first-order chi connectivity index (χ1) is 5.54. The molecule has 0 fully saturated rings. The second-order valence-electron chi connectivity index (χ2n) is 3.59. The molecule has 0 aromatic carbocycles. The van der Waals surface area contributed by atoms with Crippen molar-refractivity contribution in [3.8, 4) is 0 Å². The summed E-state index contributed by atoms with van der Waals surface area (Å²) in [4.78, 5) is 0. The van der Waals surface area contributed by atoms with E-state index in [0.717, 1.165) is 11.3 Å². The third-order valence-electron chi connectivity index (χ3n) is 2.41. The highest BCUT2D eigenvalue weighted by Crippen LogP contribution is 2.28. The largest absolute Gasteiger partial charge is 0.381 e. The molecule has 12 heavy (non-hydrogen) atoms. The summed E-state index contributed by atoms with van der Waals surface area (Å²) in [5.41, 5.74) is 6.56. The van der Waals surface area contributed by atoms with Gasteiger partial charge in [0.1, 0.15) is 5.76 Å². The number of hydrogen-bond donors (Lipinski definition) is 1. The summed E-state index contributed by atoms with van der Waals surface area (Å²) < 4.78 is 5.14. The number of rotatable bonds is 2. The number of nitrogens with two attached hydrogens (primary N) is 1. The van der Waals surface area contributed by atoms with Gasteiger partial charge in [-0.3, -0.25) is 0 Å². The van der Waals surface area contributed by atoms with Gasteiger partial charge in [0, 0.05) is 11.5 Å². The Kier molecular flexibility index (Phi) is 2.40. The quantitative estimate of drug-likeness (QED) is 0.737. The van der Waals surface area contributed by atoms with Crippen LogP contribution in [-0.2, 0) is 0 Å². The monoisotopic (exact) mass is 168 g/mol. The third-order valence-corrected chi connectivity index (χ3v) is 2.41. The smallest absolute Gasteiger partial charge is 0.170 e. The number of anilines is 1. The van der Waals surface area contributed by atoms with Crippen molar-refractivity contribution < 1.29 is 4.52 Å². The highest BCUT2D eigenvalue weighted by Gasteiger charge is 2.18. The van der Waals surface area contributed by atoms with Crippen molar-refractivity contribution in [3.05, 3.63) is 11.3 Å². The summed E-state index contributed by atoms with van der Waals surface area (Å²) in [6.45, 7) is 8.38. The molecule has 0 bridgehead atoms. The van der Waals surface area contributed by atoms with E-state index in [0.29, 0.717) is 17.7 Å². The maximum atomic E-state index is 5.57. The van der Waals surface area contributed by atoms with Gasteiger partial charge < -0.3 is 10.3 Å². The van der Waals surface area contributed by atoms with Gasteiger partial charge in [-0.05, 0) is 12.8 Å². The van der Waals surface area contributed by atoms with Crippen molar-refractivity contribution in [2.45, 2.75) is 33.6 Å². The number of nitrogen functional groups attached to an aromatic ring is 1. The zero-order valence-corrected chi connectivity index (χ0v) is 8.09. The van der Waals surface area contributed by atoms with Crippen LogP contribution in [-0.4, -0.2) is 5.16 Å². The normalized spacial score (nSPS) is 13.8. The van der Waals surface area contributed by atoms with Gasteiger partial charge in [0.05, 0.1) is 0 Å². The first kappa shape index (κ1) is 9.10. The average molecular weight is 168 g/mol. The Morgan fingerprint density at radius 1 is 1.33 bits per heavy atom. The summed E-state index contributed by atoms with van der Waals surface area (Å²) in [6.07, 6.45) is 0. The molecule has 0 aliphatic heterocycles. The van der Waals surface area contributed by atoms with E-state index in [9.17, 15) is 0 Å². The van der Waals surface area contributed by atoms with Crippen LogP contribution in [0.2, 0.25) is 0 Å². The summed E-state index contributed by atoms with van der Waals surface area (Å²) >= 11 is 0. The van der Waals surface area contributed by atoms with Crippen molar-refractivity contribution in [2.24, 2.45) is 5.92 Å². The van der Waals surface area contributed by atoms with Gasteiger partial charge >= 0.3 is 0 Å². The molecule has 0 aliphatic rings. The molecule has 0 spiro atoms. The van der Waals surface area contributed by atoms with Crippen molar-refractivity contribution in [2.75, 3.05) is 5.73 Å². The minimum absolute atomic E-state index is 0.384. The van der Waals surface area contributed by atoms with Crippen LogP contribution in [0, 0.1) is 12.8 Å². The van der Waals surface area contributed by atoms with Gasteiger partial charge in [-0.25, -0.2) is 0 Å². The summed E-state index contributed by atoms with van der Waals surface area (Å²) in [5, 5.41) is 3.72. The van der Waals surface area contributed by atoms with E-state index in [1.54, 1.807) is 0 Å². The van der Waals surface area contributed by atoms with Crippen LogP contribution >= 0.6 is 0 Å². The van der Waals surface area contributed by atoms with Gasteiger partial charge in [-0.2, -0.15) is 0 Å². The molecule has 0 aliphatic carbocycles. The van der Waals surface area contributed by atoms with Crippen LogP contribution in [0.5, 0.6) is 0 Å². The topological polar surface area (TPSA) is 52.0 Å². The molecule has 1 heterocycles. The molecule has 0 amide bonds. The molecular weight excluding hydrogens is 152 g/mol. The Labute approximate surface area is 72.9 Å². The van der Waals surface area contributed by atoms with Crippen LogP contribution < -0.4 is 5.73 Å². The highest BCUT2D eigenvalue weighted by molar-refractivity contribution is 5.40. The van der Waals surface area contributed by atoms with Gasteiger partial charge in [-0.15, -0.1) is 0 Å². The summed E-state index contributed by atoms with van der Waals surface area (Å²) in [5.74, 6) is 2.37. The van der Waals surface area contributed by atoms with Crippen LogP contribution in [0.1, 0.15) is 38.0 Å². The van der Waals surface area contributed by atoms with E-state index in [1.807, 2.05) is 6.92 Å². The molecule has 3 heteroatoms. The van der Waals surface area contributed by atoms with Gasteiger partial charge in [0.2, 0.25) is 0 Å². The van der Waals surface area contributed by atoms with Crippen LogP contribution in [0.25, 0.3) is 0 Å². The fourth-order valence-electron chi connectivity index (χ4n) is 1.09. The zero-order valence-electron chi connectivity index (χ0n) is 8.09. The molecule has 1 aromatic heterocycles. The van der Waals surface area contributed by atoms with E-state index >= 15 is 0 Å². The Morgan fingerprint density at radius 3 is 2.25 bits per heavy atom. The first-order valence-electron chi connectivity index (χ1n) is 4.25. The second-order valence-corrected chi connectivity index (χ2v) is 3.59. The lowest BCUT2D eigenvalue weighted by Gasteiger charge is -2.11. The second kappa shape index (κ2) is 3.17. The first-order valence-corrected chi connectivity index (χ1v) is 4.25. The predicted molar refractivity (Wildman–Crippen MR) is 48.9 cm³/mol. The van der Waals surface area contributed by atoms with E-state index in [2.05, 4.69) is 25.9 Å². The van der Waals surface area contributed by atoms with Crippen LogP contribution in [0.4, 0.5) is 5.82 Å². The molecule has 3 nitrogen and oxygen atoms in total. The number of hydrogen-bond acceptors (Lipinski definition) is 3. The molecule has 0 saturated carbocycles. The maximum Gasteiger partial charge on any atom is 0.170 e. The summed E-state index contributed by atoms with van der Waals surface area (Å²) in [7, 11) is 0. The molecule has 0 radical (unpaired) electrons. The number of aromatic nitrogens is 1. The minimum atomic E-state index is 0.384. The molecule has 1 unspecified atom stereocenters. The molecule has 1 aromatic rings. The highest BCUT2D eigenvalue weighted by atomic mass is 16.5. The summed E-state index contributed by atoms with van der Waals surface area (Å²) in [6, 6.07) is 0. The van der Waals surface area contributed by atoms with Crippen LogP contribution in [0.3, 0.4) is 0 Å². The molecule has 2 N–H and O–H groups in total. The van der Waals surface area contributed by atoms with E-state index in [1.165, 1.54) is 0 Å². The average Bonchev–Trinajstić information content (AvgIpc) is 2.32. The Bertz CT molecular complexity index is 265. The molecule has 0 saturated heterocycles. The van der Waals surface area contributed by atoms with Crippen molar-refractivity contribution in [1.29, 1.82) is 0 Å². The fourth-order valence-corrected chi connectivity index (χ4v) is 1.09.